The number of nitrogens with zero attached hydrogens (tertiary/aromatic N) is 1. The molecule has 0 spiro atoms. The van der Waals surface area contributed by atoms with Gasteiger partial charge < -0.3 is 10.6 Å². The Bertz CT molecular complexity index is 453. The molecule has 1 saturated heterocycles. The van der Waals surface area contributed by atoms with Crippen LogP contribution in [0.3, 0.4) is 0 Å². The molecular formula is C14H20ClFN2O. The molecule has 0 bridgehead atoms. The van der Waals surface area contributed by atoms with Crippen molar-refractivity contribution in [3.8, 4) is 0 Å². The van der Waals surface area contributed by atoms with Gasteiger partial charge in [-0.05, 0) is 43.9 Å². The molecule has 0 saturated carbocycles. The Morgan fingerprint density at radius 3 is 2.95 bits per heavy atom. The molecule has 1 heterocycles. The summed E-state index contributed by atoms with van der Waals surface area (Å²) in [4.78, 5) is 14.0. The SMILES string of the molecule is Cc1cccc(C(=O)N2CCCC(CN)C2)c1F.Cl. The number of aryl methyl sites for hydroxylation is 1. The highest BCUT2D eigenvalue weighted by atomic mass is 35.5. The molecule has 1 aromatic carbocycles. The van der Waals surface area contributed by atoms with E-state index in [4.69, 9.17) is 5.73 Å². The molecule has 106 valence electrons. The second-order valence-electron chi connectivity index (χ2n) is 4.93. The van der Waals surface area contributed by atoms with Crippen molar-refractivity contribution in [3.63, 3.8) is 0 Å². The summed E-state index contributed by atoms with van der Waals surface area (Å²) in [6.07, 6.45) is 2.00. The van der Waals surface area contributed by atoms with Crippen LogP contribution < -0.4 is 5.73 Å². The van der Waals surface area contributed by atoms with Gasteiger partial charge in [0, 0.05) is 13.1 Å². The molecule has 1 aliphatic rings. The first-order valence-electron chi connectivity index (χ1n) is 6.38. The Balaban J connectivity index is 0.00000180. The lowest BCUT2D eigenvalue weighted by Gasteiger charge is -2.32. The average molecular weight is 287 g/mol. The molecule has 1 aromatic rings. The fourth-order valence-electron chi connectivity index (χ4n) is 2.42. The number of rotatable bonds is 2. The van der Waals surface area contributed by atoms with E-state index in [0.29, 0.717) is 31.1 Å². The predicted octanol–water partition coefficient (Wildman–Crippen LogP) is 2.37. The van der Waals surface area contributed by atoms with Crippen LogP contribution in [0.1, 0.15) is 28.8 Å². The van der Waals surface area contributed by atoms with Crippen LogP contribution in [0.15, 0.2) is 18.2 Å². The zero-order valence-electron chi connectivity index (χ0n) is 11.1. The molecule has 2 N–H and O–H groups in total. The van der Waals surface area contributed by atoms with E-state index in [1.54, 1.807) is 30.0 Å². The van der Waals surface area contributed by atoms with E-state index in [2.05, 4.69) is 0 Å². The molecule has 3 nitrogen and oxygen atoms in total. The highest BCUT2D eigenvalue weighted by Gasteiger charge is 2.25. The second-order valence-corrected chi connectivity index (χ2v) is 4.93. The fourth-order valence-corrected chi connectivity index (χ4v) is 2.42. The number of benzene rings is 1. The maximum atomic E-state index is 13.9. The van der Waals surface area contributed by atoms with Gasteiger partial charge in [0.2, 0.25) is 0 Å². The molecule has 0 aliphatic carbocycles. The Hall–Kier alpha value is -1.13. The number of piperidine rings is 1. The first-order valence-corrected chi connectivity index (χ1v) is 6.38. The van der Waals surface area contributed by atoms with Gasteiger partial charge in [-0.3, -0.25) is 4.79 Å². The van der Waals surface area contributed by atoms with Gasteiger partial charge in [-0.25, -0.2) is 4.39 Å². The standard InChI is InChI=1S/C14H19FN2O.ClH/c1-10-4-2-6-12(13(10)15)14(18)17-7-3-5-11(8-16)9-17;/h2,4,6,11H,3,5,7-9,16H2,1H3;1H. The predicted molar refractivity (Wildman–Crippen MR) is 76.1 cm³/mol. The summed E-state index contributed by atoms with van der Waals surface area (Å²) < 4.78 is 13.9. The largest absolute Gasteiger partial charge is 0.338 e. The number of hydrogen-bond donors (Lipinski definition) is 1. The van der Waals surface area contributed by atoms with Crippen molar-refractivity contribution in [1.82, 2.24) is 4.90 Å². The molecule has 2 rings (SSSR count). The molecule has 1 fully saturated rings. The van der Waals surface area contributed by atoms with Crippen molar-refractivity contribution >= 4 is 18.3 Å². The third kappa shape index (κ3) is 3.45. The second kappa shape index (κ2) is 6.87. The van der Waals surface area contributed by atoms with Crippen LogP contribution in [0.25, 0.3) is 0 Å². The topological polar surface area (TPSA) is 46.3 Å². The van der Waals surface area contributed by atoms with Crippen LogP contribution in [-0.4, -0.2) is 30.4 Å². The van der Waals surface area contributed by atoms with Crippen LogP contribution in [0, 0.1) is 18.7 Å². The number of hydrogen-bond acceptors (Lipinski definition) is 2. The van der Waals surface area contributed by atoms with E-state index in [1.165, 1.54) is 0 Å². The van der Waals surface area contributed by atoms with E-state index in [0.717, 1.165) is 12.8 Å². The third-order valence-corrected chi connectivity index (χ3v) is 3.56. The van der Waals surface area contributed by atoms with Crippen molar-refractivity contribution in [1.29, 1.82) is 0 Å². The summed E-state index contributed by atoms with van der Waals surface area (Å²) in [5.41, 5.74) is 6.33. The van der Waals surface area contributed by atoms with Crippen molar-refractivity contribution in [2.75, 3.05) is 19.6 Å². The number of halogens is 2. The van der Waals surface area contributed by atoms with Crippen molar-refractivity contribution < 1.29 is 9.18 Å². The van der Waals surface area contributed by atoms with Gasteiger partial charge in [0.1, 0.15) is 5.82 Å². The van der Waals surface area contributed by atoms with Crippen molar-refractivity contribution in [2.45, 2.75) is 19.8 Å². The minimum atomic E-state index is -0.405. The third-order valence-electron chi connectivity index (χ3n) is 3.56. The van der Waals surface area contributed by atoms with Crippen molar-refractivity contribution in [2.24, 2.45) is 11.7 Å². The minimum Gasteiger partial charge on any atom is -0.338 e. The quantitative estimate of drug-likeness (QED) is 0.907. The summed E-state index contributed by atoms with van der Waals surface area (Å²) in [6, 6.07) is 4.94. The zero-order valence-corrected chi connectivity index (χ0v) is 11.9. The number of amides is 1. The molecule has 1 atom stereocenters. The minimum absolute atomic E-state index is 0. The van der Waals surface area contributed by atoms with E-state index >= 15 is 0 Å². The van der Waals surface area contributed by atoms with Gasteiger partial charge in [-0.1, -0.05) is 12.1 Å². The Labute approximate surface area is 119 Å². The van der Waals surface area contributed by atoms with Crippen LogP contribution in [-0.2, 0) is 0 Å². The number of carbonyl (C=O) groups excluding carboxylic acids is 1. The van der Waals surface area contributed by atoms with Crippen LogP contribution >= 0.6 is 12.4 Å². The Morgan fingerprint density at radius 2 is 2.26 bits per heavy atom. The monoisotopic (exact) mass is 286 g/mol. The summed E-state index contributed by atoms with van der Waals surface area (Å²) >= 11 is 0. The van der Waals surface area contributed by atoms with Crippen LogP contribution in [0.4, 0.5) is 4.39 Å². The highest BCUT2D eigenvalue weighted by molar-refractivity contribution is 5.94. The Morgan fingerprint density at radius 1 is 1.53 bits per heavy atom. The normalized spacial score (nSPS) is 18.9. The maximum Gasteiger partial charge on any atom is 0.256 e. The van der Waals surface area contributed by atoms with Gasteiger partial charge in [0.05, 0.1) is 5.56 Å². The molecule has 5 heteroatoms. The summed E-state index contributed by atoms with van der Waals surface area (Å²) in [7, 11) is 0. The van der Waals surface area contributed by atoms with Gasteiger partial charge in [0.15, 0.2) is 0 Å². The molecule has 1 aliphatic heterocycles. The molecule has 19 heavy (non-hydrogen) atoms. The maximum absolute atomic E-state index is 13.9. The fraction of sp³-hybridized carbons (Fsp3) is 0.500. The number of nitrogens with two attached hydrogens (primary N) is 1. The zero-order chi connectivity index (χ0) is 13.1. The lowest BCUT2D eigenvalue weighted by Crippen LogP contribution is -2.42. The lowest BCUT2D eigenvalue weighted by atomic mass is 9.97. The first kappa shape index (κ1) is 15.9. The first-order chi connectivity index (χ1) is 8.63. The smallest absolute Gasteiger partial charge is 0.256 e. The van der Waals surface area contributed by atoms with E-state index in [-0.39, 0.29) is 23.9 Å². The van der Waals surface area contributed by atoms with Crippen molar-refractivity contribution in [3.05, 3.63) is 35.1 Å². The van der Waals surface area contributed by atoms with Crippen LogP contribution in [0.2, 0.25) is 0 Å². The Kier molecular flexibility index (Phi) is 5.76. The van der Waals surface area contributed by atoms with E-state index in [1.807, 2.05) is 0 Å². The molecular weight excluding hydrogens is 267 g/mol. The van der Waals surface area contributed by atoms with E-state index in [9.17, 15) is 9.18 Å². The molecule has 1 amide bonds. The summed E-state index contributed by atoms with van der Waals surface area (Å²) in [5.74, 6) is -0.276. The molecule has 0 radical (unpaired) electrons. The van der Waals surface area contributed by atoms with E-state index < -0.39 is 5.82 Å². The summed E-state index contributed by atoms with van der Waals surface area (Å²) in [6.45, 7) is 3.59. The van der Waals surface area contributed by atoms with Crippen LogP contribution in [0.5, 0.6) is 0 Å². The van der Waals surface area contributed by atoms with Gasteiger partial charge in [-0.2, -0.15) is 0 Å². The van der Waals surface area contributed by atoms with Gasteiger partial charge >= 0.3 is 0 Å². The molecule has 1 unspecified atom stereocenters. The highest BCUT2D eigenvalue weighted by Crippen LogP contribution is 2.20. The van der Waals surface area contributed by atoms with Gasteiger partial charge in [0.25, 0.3) is 5.91 Å². The number of likely N-dealkylation sites (tertiary alicyclic amines) is 1. The number of carbonyl (C=O) groups is 1. The average Bonchev–Trinajstić information content (AvgIpc) is 2.41. The van der Waals surface area contributed by atoms with Gasteiger partial charge in [-0.15, -0.1) is 12.4 Å². The molecule has 0 aromatic heterocycles. The lowest BCUT2D eigenvalue weighted by molar-refractivity contribution is 0.0673. The summed E-state index contributed by atoms with van der Waals surface area (Å²) in [5, 5.41) is 0.